The van der Waals surface area contributed by atoms with Crippen LogP contribution < -0.4 is 5.32 Å². The van der Waals surface area contributed by atoms with Crippen LogP contribution >= 0.6 is 39.1 Å². The Balaban J connectivity index is 2.24. The summed E-state index contributed by atoms with van der Waals surface area (Å²) in [7, 11) is 0. The fourth-order valence-electron chi connectivity index (χ4n) is 1.61. The maximum Gasteiger partial charge on any atom is 0.125 e. The monoisotopic (exact) mass is 363 g/mol. The summed E-state index contributed by atoms with van der Waals surface area (Å²) in [5, 5.41) is 13.4. The van der Waals surface area contributed by atoms with Gasteiger partial charge in [-0.25, -0.2) is 4.39 Å². The molecular formula is C13H9BrCl2FNO. The number of benzene rings is 2. The van der Waals surface area contributed by atoms with Crippen molar-refractivity contribution in [3.8, 4) is 5.75 Å². The van der Waals surface area contributed by atoms with Gasteiger partial charge in [0.25, 0.3) is 0 Å². The van der Waals surface area contributed by atoms with E-state index in [2.05, 4.69) is 21.2 Å². The normalized spacial score (nSPS) is 10.5. The number of halogens is 4. The van der Waals surface area contributed by atoms with E-state index in [0.717, 1.165) is 0 Å². The molecule has 0 fully saturated rings. The van der Waals surface area contributed by atoms with E-state index >= 15 is 0 Å². The Morgan fingerprint density at radius 3 is 2.58 bits per heavy atom. The lowest BCUT2D eigenvalue weighted by atomic mass is 10.2. The average molecular weight is 365 g/mol. The Bertz CT molecular complexity index is 578. The van der Waals surface area contributed by atoms with Crippen molar-refractivity contribution in [2.45, 2.75) is 6.54 Å². The van der Waals surface area contributed by atoms with Gasteiger partial charge in [0.15, 0.2) is 0 Å². The molecule has 19 heavy (non-hydrogen) atoms. The van der Waals surface area contributed by atoms with Gasteiger partial charge in [-0.15, -0.1) is 0 Å². The molecule has 0 aliphatic carbocycles. The van der Waals surface area contributed by atoms with Crippen molar-refractivity contribution in [2.24, 2.45) is 0 Å². The molecule has 0 saturated heterocycles. The number of anilines is 1. The number of rotatable bonds is 3. The Kier molecular flexibility index (Phi) is 4.55. The SMILES string of the molecule is Oc1cccc(Cl)c1CNc1c(Cl)cc(F)cc1Br. The number of aromatic hydroxyl groups is 1. The van der Waals surface area contributed by atoms with Gasteiger partial charge in [-0.3, -0.25) is 0 Å². The van der Waals surface area contributed by atoms with Crippen LogP contribution in [0.15, 0.2) is 34.8 Å². The molecule has 0 aliphatic rings. The summed E-state index contributed by atoms with van der Waals surface area (Å²) in [6, 6.07) is 7.40. The van der Waals surface area contributed by atoms with E-state index < -0.39 is 5.82 Å². The summed E-state index contributed by atoms with van der Waals surface area (Å²) in [5.74, 6) is -0.336. The zero-order valence-corrected chi connectivity index (χ0v) is 12.7. The number of hydrogen-bond acceptors (Lipinski definition) is 2. The standard InChI is InChI=1S/C13H9BrCl2FNO/c14-9-4-7(17)5-11(16)13(9)18-6-8-10(15)2-1-3-12(8)19/h1-5,18-19H,6H2. The minimum absolute atomic E-state index is 0.0920. The molecule has 0 atom stereocenters. The Morgan fingerprint density at radius 2 is 1.95 bits per heavy atom. The smallest absolute Gasteiger partial charge is 0.125 e. The van der Waals surface area contributed by atoms with Crippen LogP contribution in [-0.4, -0.2) is 5.11 Å². The van der Waals surface area contributed by atoms with E-state index in [1.54, 1.807) is 18.2 Å². The van der Waals surface area contributed by atoms with Crippen molar-refractivity contribution in [3.05, 3.63) is 56.2 Å². The van der Waals surface area contributed by atoms with Crippen LogP contribution in [0.2, 0.25) is 10.0 Å². The molecule has 100 valence electrons. The van der Waals surface area contributed by atoms with Gasteiger partial charge in [0, 0.05) is 21.6 Å². The lowest BCUT2D eigenvalue weighted by Gasteiger charge is -2.12. The van der Waals surface area contributed by atoms with Crippen molar-refractivity contribution in [3.63, 3.8) is 0 Å². The van der Waals surface area contributed by atoms with E-state index in [1.807, 2.05) is 0 Å². The second-order valence-corrected chi connectivity index (χ2v) is 5.50. The van der Waals surface area contributed by atoms with Crippen LogP contribution in [0.4, 0.5) is 10.1 Å². The summed E-state index contributed by atoms with van der Waals surface area (Å²) >= 11 is 15.2. The van der Waals surface area contributed by atoms with Crippen molar-refractivity contribution in [1.82, 2.24) is 0 Å². The first-order valence-electron chi connectivity index (χ1n) is 5.34. The lowest BCUT2D eigenvalue weighted by Crippen LogP contribution is -2.02. The first kappa shape index (κ1) is 14.4. The van der Waals surface area contributed by atoms with E-state index in [9.17, 15) is 9.50 Å². The van der Waals surface area contributed by atoms with Gasteiger partial charge in [0.05, 0.1) is 10.7 Å². The minimum Gasteiger partial charge on any atom is -0.508 e. The lowest BCUT2D eigenvalue weighted by molar-refractivity contribution is 0.469. The Labute approximate surface area is 128 Å². The van der Waals surface area contributed by atoms with Gasteiger partial charge in [-0.05, 0) is 40.2 Å². The fraction of sp³-hybridized carbons (Fsp3) is 0.0769. The summed E-state index contributed by atoms with van der Waals surface area (Å²) in [6.45, 7) is 0.273. The summed E-state index contributed by atoms with van der Waals surface area (Å²) < 4.78 is 13.6. The van der Waals surface area contributed by atoms with Crippen LogP contribution in [0.3, 0.4) is 0 Å². The second kappa shape index (κ2) is 5.99. The van der Waals surface area contributed by atoms with Gasteiger partial charge in [0.1, 0.15) is 11.6 Å². The van der Waals surface area contributed by atoms with Crippen LogP contribution in [-0.2, 0) is 6.54 Å². The van der Waals surface area contributed by atoms with E-state index in [0.29, 0.717) is 20.7 Å². The van der Waals surface area contributed by atoms with Crippen molar-refractivity contribution in [1.29, 1.82) is 0 Å². The molecule has 2 N–H and O–H groups in total. The van der Waals surface area contributed by atoms with E-state index in [-0.39, 0.29) is 17.3 Å². The van der Waals surface area contributed by atoms with Gasteiger partial charge in [-0.1, -0.05) is 29.3 Å². The summed E-state index contributed by atoms with van der Waals surface area (Å²) in [4.78, 5) is 0. The topological polar surface area (TPSA) is 32.3 Å². The van der Waals surface area contributed by atoms with E-state index in [4.69, 9.17) is 23.2 Å². The molecular weight excluding hydrogens is 356 g/mol. The fourth-order valence-corrected chi connectivity index (χ4v) is 2.81. The van der Waals surface area contributed by atoms with Crippen molar-refractivity contribution < 1.29 is 9.50 Å². The average Bonchev–Trinajstić information content (AvgIpc) is 2.31. The Morgan fingerprint density at radius 1 is 1.21 bits per heavy atom. The molecule has 2 rings (SSSR count). The van der Waals surface area contributed by atoms with Gasteiger partial charge < -0.3 is 10.4 Å². The van der Waals surface area contributed by atoms with Crippen LogP contribution in [0.5, 0.6) is 5.75 Å². The molecule has 0 heterocycles. The molecule has 0 unspecified atom stereocenters. The molecule has 2 aromatic carbocycles. The third-order valence-electron chi connectivity index (χ3n) is 2.54. The van der Waals surface area contributed by atoms with E-state index in [1.165, 1.54) is 12.1 Å². The number of phenols is 1. The number of phenolic OH excluding ortho intramolecular Hbond substituents is 1. The van der Waals surface area contributed by atoms with Crippen LogP contribution in [0.25, 0.3) is 0 Å². The zero-order chi connectivity index (χ0) is 14.0. The molecule has 0 bridgehead atoms. The van der Waals surface area contributed by atoms with Gasteiger partial charge in [0.2, 0.25) is 0 Å². The second-order valence-electron chi connectivity index (χ2n) is 3.84. The van der Waals surface area contributed by atoms with Crippen molar-refractivity contribution in [2.75, 3.05) is 5.32 Å². The number of nitrogens with one attached hydrogen (secondary N) is 1. The largest absolute Gasteiger partial charge is 0.508 e. The van der Waals surface area contributed by atoms with Crippen LogP contribution in [0, 0.1) is 5.82 Å². The highest BCUT2D eigenvalue weighted by Crippen LogP contribution is 2.33. The molecule has 2 nitrogen and oxygen atoms in total. The molecule has 0 amide bonds. The first-order valence-corrected chi connectivity index (χ1v) is 6.88. The predicted molar refractivity (Wildman–Crippen MR) is 79.6 cm³/mol. The van der Waals surface area contributed by atoms with Crippen LogP contribution in [0.1, 0.15) is 5.56 Å². The highest BCUT2D eigenvalue weighted by molar-refractivity contribution is 9.10. The minimum atomic E-state index is -0.428. The highest BCUT2D eigenvalue weighted by atomic mass is 79.9. The first-order chi connectivity index (χ1) is 8.99. The molecule has 0 aromatic heterocycles. The Hall–Kier alpha value is -0.970. The maximum atomic E-state index is 13.1. The molecule has 0 radical (unpaired) electrons. The molecule has 2 aromatic rings. The zero-order valence-electron chi connectivity index (χ0n) is 9.55. The predicted octanol–water partition coefficient (Wildman–Crippen LogP) is 5.21. The summed E-state index contributed by atoms with van der Waals surface area (Å²) in [5.41, 5.74) is 1.10. The summed E-state index contributed by atoms with van der Waals surface area (Å²) in [6.07, 6.45) is 0. The van der Waals surface area contributed by atoms with Gasteiger partial charge in [-0.2, -0.15) is 0 Å². The third kappa shape index (κ3) is 3.32. The third-order valence-corrected chi connectivity index (χ3v) is 3.82. The quantitative estimate of drug-likeness (QED) is 0.783. The molecule has 6 heteroatoms. The number of hydrogen-bond donors (Lipinski definition) is 2. The molecule has 0 aliphatic heterocycles. The van der Waals surface area contributed by atoms with Crippen molar-refractivity contribution >= 4 is 44.8 Å². The molecule has 0 saturated carbocycles. The maximum absolute atomic E-state index is 13.1. The highest BCUT2D eigenvalue weighted by Gasteiger charge is 2.10. The molecule has 0 spiro atoms. The van der Waals surface area contributed by atoms with Gasteiger partial charge >= 0.3 is 0 Å².